The van der Waals surface area contributed by atoms with E-state index in [-0.39, 0.29) is 11.5 Å². The topological polar surface area (TPSA) is 52.0 Å². The maximum absolute atomic E-state index is 13.0. The van der Waals surface area contributed by atoms with Crippen molar-refractivity contribution < 1.29 is 12.8 Å². The molecule has 0 aliphatic carbocycles. The molecule has 0 saturated carbocycles. The fourth-order valence-electron chi connectivity index (χ4n) is 2.72. The summed E-state index contributed by atoms with van der Waals surface area (Å²) in [6.07, 6.45) is 0. The molecule has 0 saturated heterocycles. The molecule has 3 rings (SSSR count). The number of benzene rings is 2. The number of rotatable bonds is 6. The lowest BCUT2D eigenvalue weighted by atomic mass is 10.2. The Kier molecular flexibility index (Phi) is 5.44. The first-order valence-electron chi connectivity index (χ1n) is 8.04. The van der Waals surface area contributed by atoms with Gasteiger partial charge in [0.1, 0.15) is 11.0 Å². The van der Waals surface area contributed by atoms with Crippen molar-refractivity contribution in [1.82, 2.24) is 9.78 Å². The Labute approximate surface area is 157 Å². The summed E-state index contributed by atoms with van der Waals surface area (Å²) in [5.41, 5.74) is 2.66. The van der Waals surface area contributed by atoms with Crippen LogP contribution >= 0.6 is 11.6 Å². The van der Waals surface area contributed by atoms with E-state index in [9.17, 15) is 12.8 Å². The number of hydrogen-bond donors (Lipinski definition) is 0. The van der Waals surface area contributed by atoms with Crippen LogP contribution in [0.1, 0.15) is 22.4 Å². The maximum atomic E-state index is 13.0. The van der Waals surface area contributed by atoms with Gasteiger partial charge in [-0.15, -0.1) is 0 Å². The fourth-order valence-corrected chi connectivity index (χ4v) is 4.69. The van der Waals surface area contributed by atoms with E-state index >= 15 is 0 Å². The molecular formula is C19H18ClFN2O2S. The average Bonchev–Trinajstić information content (AvgIpc) is 2.85. The third-order valence-electron chi connectivity index (χ3n) is 4.02. The number of nitrogens with zero attached hydrogens (tertiary/aromatic N) is 2. The molecule has 0 fully saturated rings. The van der Waals surface area contributed by atoms with Gasteiger partial charge in [0.15, 0.2) is 9.84 Å². The van der Waals surface area contributed by atoms with E-state index in [1.807, 2.05) is 30.3 Å². The number of aryl methyl sites for hydroxylation is 1. The first-order valence-corrected chi connectivity index (χ1v) is 10.2. The van der Waals surface area contributed by atoms with E-state index in [1.54, 1.807) is 11.6 Å². The van der Waals surface area contributed by atoms with Gasteiger partial charge in [0.2, 0.25) is 0 Å². The lowest BCUT2D eigenvalue weighted by Gasteiger charge is -2.06. The van der Waals surface area contributed by atoms with Gasteiger partial charge in [-0.25, -0.2) is 17.5 Å². The van der Waals surface area contributed by atoms with Gasteiger partial charge >= 0.3 is 0 Å². The second kappa shape index (κ2) is 7.60. The maximum Gasteiger partial charge on any atom is 0.158 e. The molecule has 0 N–H and O–H groups in total. The van der Waals surface area contributed by atoms with Crippen molar-refractivity contribution in [2.75, 3.05) is 0 Å². The van der Waals surface area contributed by atoms with Crippen LogP contribution in [0, 0.1) is 12.7 Å². The predicted molar refractivity (Wildman–Crippen MR) is 100 cm³/mol. The van der Waals surface area contributed by atoms with Crippen LogP contribution in [0.4, 0.5) is 4.39 Å². The third kappa shape index (κ3) is 4.51. The van der Waals surface area contributed by atoms with E-state index in [1.165, 1.54) is 24.3 Å². The molecule has 1 heterocycles. The molecule has 7 heteroatoms. The summed E-state index contributed by atoms with van der Waals surface area (Å²) in [4.78, 5) is 0. The molecule has 4 nitrogen and oxygen atoms in total. The highest BCUT2D eigenvalue weighted by Gasteiger charge is 2.21. The van der Waals surface area contributed by atoms with Gasteiger partial charge in [0.25, 0.3) is 0 Å². The standard InChI is InChI=1S/C19H18ClFN2O2S/c1-14-18(13-26(24,25)12-16-7-9-17(21)10-8-16)19(20)23(22-14)11-15-5-3-2-4-6-15/h2-10H,11-13H2,1H3. The van der Waals surface area contributed by atoms with Gasteiger partial charge in [-0.1, -0.05) is 54.1 Å². The Morgan fingerprint density at radius 3 is 2.31 bits per heavy atom. The minimum Gasteiger partial charge on any atom is -0.249 e. The van der Waals surface area contributed by atoms with Crippen LogP contribution in [-0.2, 0) is 27.9 Å². The van der Waals surface area contributed by atoms with Crippen LogP contribution in [-0.4, -0.2) is 18.2 Å². The van der Waals surface area contributed by atoms with Crippen LogP contribution in [0.5, 0.6) is 0 Å². The normalized spacial score (nSPS) is 11.7. The Morgan fingerprint density at radius 2 is 1.65 bits per heavy atom. The van der Waals surface area contributed by atoms with Crippen molar-refractivity contribution in [3.8, 4) is 0 Å². The summed E-state index contributed by atoms with van der Waals surface area (Å²) in [7, 11) is -3.47. The average molecular weight is 393 g/mol. The van der Waals surface area contributed by atoms with E-state index in [0.717, 1.165) is 5.56 Å². The highest BCUT2D eigenvalue weighted by atomic mass is 35.5. The van der Waals surface area contributed by atoms with Crippen molar-refractivity contribution in [1.29, 1.82) is 0 Å². The van der Waals surface area contributed by atoms with Gasteiger partial charge < -0.3 is 0 Å². The quantitative estimate of drug-likeness (QED) is 0.633. The van der Waals surface area contributed by atoms with Crippen molar-refractivity contribution in [2.24, 2.45) is 0 Å². The van der Waals surface area contributed by atoms with Crippen LogP contribution in [0.25, 0.3) is 0 Å². The molecule has 0 amide bonds. The second-order valence-corrected chi connectivity index (χ2v) is 8.58. The monoisotopic (exact) mass is 392 g/mol. The molecule has 0 aliphatic rings. The van der Waals surface area contributed by atoms with E-state index in [2.05, 4.69) is 5.10 Å². The Hall–Kier alpha value is -2.18. The zero-order chi connectivity index (χ0) is 18.7. The summed E-state index contributed by atoms with van der Waals surface area (Å²) >= 11 is 6.40. The van der Waals surface area contributed by atoms with E-state index in [0.29, 0.717) is 28.5 Å². The van der Waals surface area contributed by atoms with Gasteiger partial charge in [-0.3, -0.25) is 0 Å². The molecule has 136 valence electrons. The zero-order valence-corrected chi connectivity index (χ0v) is 15.8. The molecule has 0 bridgehead atoms. The number of sulfone groups is 1. The molecule has 3 aromatic rings. The smallest absolute Gasteiger partial charge is 0.158 e. The van der Waals surface area contributed by atoms with Crippen LogP contribution in [0.3, 0.4) is 0 Å². The van der Waals surface area contributed by atoms with Crippen LogP contribution in [0.15, 0.2) is 54.6 Å². The minimum atomic E-state index is -3.47. The first-order chi connectivity index (χ1) is 12.3. The summed E-state index contributed by atoms with van der Waals surface area (Å²) in [5.74, 6) is -0.774. The number of aromatic nitrogens is 2. The van der Waals surface area contributed by atoms with Gasteiger partial charge in [-0.2, -0.15) is 5.10 Å². The molecule has 1 aromatic heterocycles. The molecule has 0 aliphatic heterocycles. The highest BCUT2D eigenvalue weighted by Crippen LogP contribution is 2.24. The van der Waals surface area contributed by atoms with Gasteiger partial charge in [0, 0.05) is 5.56 Å². The lowest BCUT2D eigenvalue weighted by Crippen LogP contribution is -2.08. The Bertz CT molecular complexity index is 1000. The highest BCUT2D eigenvalue weighted by molar-refractivity contribution is 7.89. The van der Waals surface area contributed by atoms with Crippen molar-refractivity contribution in [3.63, 3.8) is 0 Å². The molecule has 0 radical (unpaired) electrons. The van der Waals surface area contributed by atoms with Crippen LogP contribution < -0.4 is 0 Å². The predicted octanol–water partition coefficient (Wildman–Crippen LogP) is 4.15. The van der Waals surface area contributed by atoms with Gasteiger partial charge in [-0.05, 0) is 30.2 Å². The molecule has 0 spiro atoms. The summed E-state index contributed by atoms with van der Waals surface area (Å²) in [5, 5.41) is 4.71. The molecule has 26 heavy (non-hydrogen) atoms. The largest absolute Gasteiger partial charge is 0.249 e. The van der Waals surface area contributed by atoms with Crippen molar-refractivity contribution >= 4 is 21.4 Å². The lowest BCUT2D eigenvalue weighted by molar-refractivity contribution is 0.594. The molecule has 0 atom stereocenters. The van der Waals surface area contributed by atoms with Gasteiger partial charge in [0.05, 0.1) is 23.7 Å². The third-order valence-corrected chi connectivity index (χ3v) is 5.95. The summed E-state index contributed by atoms with van der Waals surface area (Å²) < 4.78 is 39.7. The Balaban J connectivity index is 1.79. The molecule has 2 aromatic carbocycles. The first kappa shape index (κ1) is 18.6. The second-order valence-electron chi connectivity index (χ2n) is 6.16. The Morgan fingerprint density at radius 1 is 1.00 bits per heavy atom. The molecule has 0 unspecified atom stereocenters. The number of hydrogen-bond acceptors (Lipinski definition) is 3. The molecular weight excluding hydrogens is 375 g/mol. The number of halogens is 2. The SMILES string of the molecule is Cc1nn(Cc2ccccc2)c(Cl)c1CS(=O)(=O)Cc1ccc(F)cc1. The van der Waals surface area contributed by atoms with Crippen molar-refractivity contribution in [2.45, 2.75) is 25.0 Å². The summed E-state index contributed by atoms with van der Waals surface area (Å²) in [6, 6.07) is 15.1. The van der Waals surface area contributed by atoms with E-state index in [4.69, 9.17) is 11.6 Å². The van der Waals surface area contributed by atoms with Crippen molar-refractivity contribution in [3.05, 3.63) is 88.0 Å². The summed E-state index contributed by atoms with van der Waals surface area (Å²) in [6.45, 7) is 2.22. The van der Waals surface area contributed by atoms with E-state index < -0.39 is 15.7 Å². The fraction of sp³-hybridized carbons (Fsp3) is 0.211. The minimum absolute atomic E-state index is 0.174. The zero-order valence-electron chi connectivity index (χ0n) is 14.2. The van der Waals surface area contributed by atoms with Crippen LogP contribution in [0.2, 0.25) is 5.15 Å².